The number of thiocarbonyl (C=S) groups is 1. The van der Waals surface area contributed by atoms with Gasteiger partial charge < -0.3 is 0 Å². The van der Waals surface area contributed by atoms with Crippen molar-refractivity contribution in [1.29, 1.82) is 5.26 Å². The molecule has 0 aliphatic carbocycles. The van der Waals surface area contributed by atoms with Crippen LogP contribution in [-0.4, -0.2) is 20.5 Å². The smallest absolute Gasteiger partial charge is 0.186 e. The zero-order chi connectivity index (χ0) is 8.85. The zero-order valence-corrected chi connectivity index (χ0v) is 8.76. The van der Waals surface area contributed by atoms with Gasteiger partial charge in [0.25, 0.3) is 0 Å². The summed E-state index contributed by atoms with van der Waals surface area (Å²) >= 11 is 11.8. The first-order chi connectivity index (χ1) is 5.11. The van der Waals surface area contributed by atoms with Crippen molar-refractivity contribution in [2.75, 3.05) is 6.00 Å². The highest BCUT2D eigenvalue weighted by Gasteiger charge is 2.08. The van der Waals surface area contributed by atoms with Crippen molar-refractivity contribution < 1.29 is 0 Å². The Kier molecular flexibility index (Phi) is 5.65. The van der Waals surface area contributed by atoms with Gasteiger partial charge in [0.05, 0.1) is 0 Å². The second-order valence-electron chi connectivity index (χ2n) is 2.08. The molecule has 0 atom stereocenters. The van der Waals surface area contributed by atoms with Crippen LogP contribution in [0.5, 0.6) is 0 Å². The van der Waals surface area contributed by atoms with Gasteiger partial charge in [-0.25, -0.2) is 4.90 Å². The van der Waals surface area contributed by atoms with Gasteiger partial charge in [0.1, 0.15) is 6.00 Å². The van der Waals surface area contributed by atoms with Crippen molar-refractivity contribution >= 4 is 39.9 Å². The van der Waals surface area contributed by atoms with Gasteiger partial charge in [-0.05, 0) is 0 Å². The van der Waals surface area contributed by atoms with Crippen LogP contribution in [0.4, 0.5) is 0 Å². The largest absolute Gasteiger partial charge is 0.249 e. The topological polar surface area (TPSA) is 27.0 Å². The van der Waals surface area contributed by atoms with Gasteiger partial charge >= 0.3 is 0 Å². The highest BCUT2D eigenvalue weighted by Crippen LogP contribution is 2.14. The van der Waals surface area contributed by atoms with Crippen LogP contribution in [0, 0.1) is 11.5 Å². The van der Waals surface area contributed by atoms with E-state index in [4.69, 9.17) is 29.1 Å². The molecule has 0 bridgehead atoms. The molecular weight excluding hydrogens is 200 g/mol. The molecule has 5 heteroatoms. The number of rotatable bonds is 2. The average molecular weight is 209 g/mol. The Morgan fingerprint density at radius 3 is 2.64 bits per heavy atom. The summed E-state index contributed by atoms with van der Waals surface area (Å²) in [5.74, 6) is 0. The summed E-state index contributed by atoms with van der Waals surface area (Å²) in [6.45, 7) is 4.03. The number of alkyl halides is 1. The van der Waals surface area contributed by atoms with Gasteiger partial charge in [0, 0.05) is 5.25 Å². The van der Waals surface area contributed by atoms with Gasteiger partial charge in [0.15, 0.2) is 10.5 Å². The van der Waals surface area contributed by atoms with E-state index in [9.17, 15) is 0 Å². The van der Waals surface area contributed by atoms with E-state index in [-0.39, 0.29) is 6.00 Å². The molecule has 0 N–H and O–H groups in total. The number of nitriles is 1. The Bertz CT molecular complexity index is 176. The van der Waals surface area contributed by atoms with Gasteiger partial charge in [-0.1, -0.05) is 37.8 Å². The summed E-state index contributed by atoms with van der Waals surface area (Å²) in [5.41, 5.74) is 0. The van der Waals surface area contributed by atoms with E-state index >= 15 is 0 Å². The van der Waals surface area contributed by atoms with E-state index in [0.717, 1.165) is 0 Å². The third kappa shape index (κ3) is 4.46. The van der Waals surface area contributed by atoms with E-state index in [1.165, 1.54) is 16.7 Å². The molecule has 0 aromatic heterocycles. The lowest BCUT2D eigenvalue weighted by atomic mass is 10.6. The van der Waals surface area contributed by atoms with Crippen molar-refractivity contribution in [3.05, 3.63) is 0 Å². The lowest BCUT2D eigenvalue weighted by Gasteiger charge is -2.13. The van der Waals surface area contributed by atoms with Crippen LogP contribution in [0.15, 0.2) is 0 Å². The third-order valence-electron chi connectivity index (χ3n) is 0.797. The number of thioether (sulfide) groups is 1. The third-order valence-corrected chi connectivity index (χ3v) is 2.44. The van der Waals surface area contributed by atoms with Crippen LogP contribution >= 0.6 is 35.6 Å². The fraction of sp³-hybridized carbons (Fsp3) is 0.667. The molecule has 0 saturated carbocycles. The molecule has 0 radical (unpaired) electrons. The predicted octanol–water partition coefficient (Wildman–Crippen LogP) is 2.39. The molecule has 0 aromatic rings. The van der Waals surface area contributed by atoms with Crippen molar-refractivity contribution in [3.63, 3.8) is 0 Å². The maximum atomic E-state index is 8.50. The highest BCUT2D eigenvalue weighted by molar-refractivity contribution is 8.23. The van der Waals surface area contributed by atoms with Crippen molar-refractivity contribution in [2.24, 2.45) is 0 Å². The Hall–Kier alpha value is 0.0200. The number of halogens is 1. The zero-order valence-electron chi connectivity index (χ0n) is 6.37. The molecule has 0 amide bonds. The fourth-order valence-corrected chi connectivity index (χ4v) is 2.01. The molecule has 0 rings (SSSR count). The van der Waals surface area contributed by atoms with Crippen LogP contribution < -0.4 is 0 Å². The Labute approximate surface area is 81.5 Å². The summed E-state index contributed by atoms with van der Waals surface area (Å²) in [6, 6.07) is 0.134. The van der Waals surface area contributed by atoms with Crippen LogP contribution in [0.3, 0.4) is 0 Å². The SMILES string of the molecule is CC(C)SC(=S)N(C#N)CCl. The Morgan fingerprint density at radius 2 is 2.36 bits per heavy atom. The van der Waals surface area contributed by atoms with E-state index < -0.39 is 0 Å². The summed E-state index contributed by atoms with van der Waals surface area (Å²) in [7, 11) is 0. The molecule has 0 aliphatic heterocycles. The molecule has 11 heavy (non-hydrogen) atoms. The number of hydrogen-bond donors (Lipinski definition) is 0. The average Bonchev–Trinajstić information content (AvgIpc) is 1.88. The van der Waals surface area contributed by atoms with Gasteiger partial charge in [-0.3, -0.25) is 0 Å². The molecule has 0 heterocycles. The van der Waals surface area contributed by atoms with Crippen LogP contribution in [-0.2, 0) is 0 Å². The lowest BCUT2D eigenvalue weighted by molar-refractivity contribution is 0.704. The standard InChI is InChI=1S/C6H9ClN2S2/c1-5(2)11-6(10)9(3-7)4-8/h5H,3H2,1-2H3. The van der Waals surface area contributed by atoms with Crippen LogP contribution in [0.2, 0.25) is 0 Å². The van der Waals surface area contributed by atoms with Gasteiger partial charge in [0.2, 0.25) is 0 Å². The van der Waals surface area contributed by atoms with Gasteiger partial charge in [-0.15, -0.1) is 11.6 Å². The normalized spacial score (nSPS) is 9.36. The van der Waals surface area contributed by atoms with Crippen molar-refractivity contribution in [1.82, 2.24) is 4.90 Å². The number of nitrogens with zero attached hydrogens (tertiary/aromatic N) is 2. The maximum absolute atomic E-state index is 8.50. The van der Waals surface area contributed by atoms with Crippen molar-refractivity contribution in [3.8, 4) is 6.19 Å². The number of hydrogen-bond acceptors (Lipinski definition) is 3. The predicted molar refractivity (Wildman–Crippen MR) is 53.5 cm³/mol. The Balaban J connectivity index is 3.92. The minimum absolute atomic E-state index is 0.134. The molecule has 0 aromatic carbocycles. The molecule has 62 valence electrons. The van der Waals surface area contributed by atoms with Crippen LogP contribution in [0.1, 0.15) is 13.8 Å². The fourth-order valence-electron chi connectivity index (χ4n) is 0.382. The minimum atomic E-state index is 0.134. The maximum Gasteiger partial charge on any atom is 0.186 e. The molecule has 0 spiro atoms. The second-order valence-corrected chi connectivity index (χ2v) is 4.53. The van der Waals surface area contributed by atoms with Crippen LogP contribution in [0.25, 0.3) is 0 Å². The molecule has 0 unspecified atom stereocenters. The molecule has 0 saturated heterocycles. The first-order valence-corrected chi connectivity index (χ1v) is 4.88. The summed E-state index contributed by atoms with van der Waals surface area (Å²) in [5, 5.41) is 8.89. The first kappa shape index (κ1) is 11.0. The molecule has 0 aliphatic rings. The molecule has 0 fully saturated rings. The van der Waals surface area contributed by atoms with E-state index in [2.05, 4.69) is 0 Å². The lowest BCUT2D eigenvalue weighted by Crippen LogP contribution is -2.21. The summed E-state index contributed by atoms with van der Waals surface area (Å²) in [6.07, 6.45) is 1.90. The van der Waals surface area contributed by atoms with Crippen molar-refractivity contribution in [2.45, 2.75) is 19.1 Å². The van der Waals surface area contributed by atoms with E-state index in [0.29, 0.717) is 9.57 Å². The molecule has 2 nitrogen and oxygen atoms in total. The summed E-state index contributed by atoms with van der Waals surface area (Å²) < 4.78 is 0.539. The van der Waals surface area contributed by atoms with E-state index in [1.807, 2.05) is 20.0 Å². The quantitative estimate of drug-likeness (QED) is 0.229. The second kappa shape index (κ2) is 5.64. The first-order valence-electron chi connectivity index (χ1n) is 3.05. The van der Waals surface area contributed by atoms with E-state index in [1.54, 1.807) is 0 Å². The Morgan fingerprint density at radius 1 is 1.82 bits per heavy atom. The monoisotopic (exact) mass is 208 g/mol. The minimum Gasteiger partial charge on any atom is -0.249 e. The highest BCUT2D eigenvalue weighted by atomic mass is 35.5. The molecular formula is C6H9ClN2S2. The van der Waals surface area contributed by atoms with Gasteiger partial charge in [-0.2, -0.15) is 5.26 Å². The summed E-state index contributed by atoms with van der Waals surface area (Å²) in [4.78, 5) is 1.28.